The van der Waals surface area contributed by atoms with Gasteiger partial charge in [-0.15, -0.1) is 0 Å². The lowest BCUT2D eigenvalue weighted by Crippen LogP contribution is -2.28. The van der Waals surface area contributed by atoms with E-state index in [2.05, 4.69) is 4.98 Å². The monoisotopic (exact) mass is 314 g/mol. The fourth-order valence-corrected chi connectivity index (χ4v) is 2.94. The third kappa shape index (κ3) is 2.77. The van der Waals surface area contributed by atoms with Gasteiger partial charge in [-0.2, -0.15) is 0 Å². The summed E-state index contributed by atoms with van der Waals surface area (Å²) in [7, 11) is 0. The van der Waals surface area contributed by atoms with Crippen LogP contribution in [0, 0.1) is 0 Å². The van der Waals surface area contributed by atoms with E-state index in [0.29, 0.717) is 18.8 Å². The van der Waals surface area contributed by atoms with Crippen molar-refractivity contribution in [2.45, 2.75) is 31.9 Å². The van der Waals surface area contributed by atoms with E-state index in [-0.39, 0.29) is 18.1 Å². The Bertz CT molecular complexity index is 770. The van der Waals surface area contributed by atoms with Gasteiger partial charge in [0.25, 0.3) is 5.56 Å². The van der Waals surface area contributed by atoms with Crippen LogP contribution < -0.4 is 5.56 Å². The molecule has 1 aliphatic heterocycles. The Morgan fingerprint density at radius 3 is 2.87 bits per heavy atom. The van der Waals surface area contributed by atoms with E-state index in [4.69, 9.17) is 4.74 Å². The Morgan fingerprint density at radius 2 is 2.17 bits per heavy atom. The van der Waals surface area contributed by atoms with Crippen molar-refractivity contribution in [3.05, 3.63) is 63.8 Å². The van der Waals surface area contributed by atoms with Gasteiger partial charge in [0.05, 0.1) is 12.7 Å². The average Bonchev–Trinajstić information content (AvgIpc) is 3.00. The molecular formula is C17H18N2O4. The minimum absolute atomic E-state index is 0.0644. The van der Waals surface area contributed by atoms with E-state index in [0.717, 1.165) is 5.56 Å². The lowest BCUT2D eigenvalue weighted by Gasteiger charge is -2.18. The van der Waals surface area contributed by atoms with Gasteiger partial charge in [0.1, 0.15) is 11.4 Å². The van der Waals surface area contributed by atoms with Crippen LogP contribution in [0.2, 0.25) is 0 Å². The van der Waals surface area contributed by atoms with Crippen LogP contribution in [0.25, 0.3) is 0 Å². The van der Waals surface area contributed by atoms with Crippen molar-refractivity contribution in [3.8, 4) is 0 Å². The van der Waals surface area contributed by atoms with Crippen LogP contribution in [-0.4, -0.2) is 27.2 Å². The normalized spacial score (nSPS) is 17.6. The number of aliphatic hydroxyl groups excluding tert-OH is 1. The lowest BCUT2D eigenvalue weighted by atomic mass is 9.94. The lowest BCUT2D eigenvalue weighted by molar-refractivity contribution is 0.0523. The molecule has 1 aromatic heterocycles. The maximum absolute atomic E-state index is 12.4. The number of benzene rings is 1. The zero-order chi connectivity index (χ0) is 16.4. The number of aromatic nitrogens is 2. The molecule has 0 aliphatic carbocycles. The molecular weight excluding hydrogens is 296 g/mol. The van der Waals surface area contributed by atoms with Crippen molar-refractivity contribution in [3.63, 3.8) is 0 Å². The number of hydrogen-bond donors (Lipinski definition) is 1. The first-order valence-electron chi connectivity index (χ1n) is 7.63. The minimum Gasteiger partial charge on any atom is -0.462 e. The molecule has 0 amide bonds. The van der Waals surface area contributed by atoms with Crippen molar-refractivity contribution >= 4 is 5.97 Å². The summed E-state index contributed by atoms with van der Waals surface area (Å²) in [5, 5.41) is 10.6. The summed E-state index contributed by atoms with van der Waals surface area (Å²) in [5.41, 5.74) is 0.316. The van der Waals surface area contributed by atoms with Gasteiger partial charge < -0.3 is 9.84 Å². The summed E-state index contributed by atoms with van der Waals surface area (Å²) in [6.45, 7) is 2.32. The fourth-order valence-electron chi connectivity index (χ4n) is 2.94. The summed E-state index contributed by atoms with van der Waals surface area (Å²) in [6.07, 6.45) is 1.12. The van der Waals surface area contributed by atoms with Gasteiger partial charge in [0, 0.05) is 18.7 Å². The van der Waals surface area contributed by atoms with E-state index in [1.165, 1.54) is 10.8 Å². The summed E-state index contributed by atoms with van der Waals surface area (Å²) in [5.74, 6) is -0.409. The molecule has 0 fully saturated rings. The van der Waals surface area contributed by atoms with Gasteiger partial charge >= 0.3 is 5.97 Å². The molecule has 2 atom stereocenters. The van der Waals surface area contributed by atoms with Gasteiger partial charge in [-0.25, -0.2) is 9.78 Å². The molecule has 1 aromatic carbocycles. The van der Waals surface area contributed by atoms with Crippen molar-refractivity contribution in [2.24, 2.45) is 0 Å². The van der Waals surface area contributed by atoms with Crippen molar-refractivity contribution in [1.29, 1.82) is 0 Å². The highest BCUT2D eigenvalue weighted by Crippen LogP contribution is 2.36. The second-order valence-electron chi connectivity index (χ2n) is 5.46. The maximum atomic E-state index is 12.4. The molecule has 0 unspecified atom stereocenters. The topological polar surface area (TPSA) is 81.4 Å². The summed E-state index contributed by atoms with van der Waals surface area (Å²) < 4.78 is 6.33. The SMILES string of the molecule is CCOC(=O)c1cnc2n(c1=O)CC[C@H]2[C@H](O)c1ccccc1. The molecule has 6 heteroatoms. The molecule has 6 nitrogen and oxygen atoms in total. The van der Waals surface area contributed by atoms with E-state index in [9.17, 15) is 14.7 Å². The van der Waals surface area contributed by atoms with Gasteiger partial charge in [-0.3, -0.25) is 9.36 Å². The molecule has 0 saturated carbocycles. The molecule has 1 aliphatic rings. The number of esters is 1. The Kier molecular flexibility index (Phi) is 4.25. The predicted molar refractivity (Wildman–Crippen MR) is 83.2 cm³/mol. The predicted octanol–water partition coefficient (Wildman–Crippen LogP) is 1.64. The molecule has 23 heavy (non-hydrogen) atoms. The van der Waals surface area contributed by atoms with E-state index >= 15 is 0 Å². The summed E-state index contributed by atoms with van der Waals surface area (Å²) >= 11 is 0. The van der Waals surface area contributed by atoms with Crippen LogP contribution in [0.3, 0.4) is 0 Å². The average molecular weight is 314 g/mol. The molecule has 0 saturated heterocycles. The second kappa shape index (κ2) is 6.34. The quantitative estimate of drug-likeness (QED) is 0.868. The molecule has 3 rings (SSSR count). The Morgan fingerprint density at radius 1 is 1.43 bits per heavy atom. The van der Waals surface area contributed by atoms with E-state index in [1.54, 1.807) is 6.92 Å². The number of fused-ring (bicyclic) bond motifs is 1. The zero-order valence-corrected chi connectivity index (χ0v) is 12.8. The van der Waals surface area contributed by atoms with Gasteiger partial charge in [0.2, 0.25) is 0 Å². The van der Waals surface area contributed by atoms with Crippen LogP contribution in [0.15, 0.2) is 41.3 Å². The molecule has 0 radical (unpaired) electrons. The number of rotatable bonds is 4. The van der Waals surface area contributed by atoms with Crippen LogP contribution >= 0.6 is 0 Å². The van der Waals surface area contributed by atoms with Crippen LogP contribution in [0.5, 0.6) is 0 Å². The molecule has 0 spiro atoms. The first kappa shape index (κ1) is 15.4. The zero-order valence-electron chi connectivity index (χ0n) is 12.8. The highest BCUT2D eigenvalue weighted by molar-refractivity contribution is 5.88. The Labute approximate surface area is 133 Å². The molecule has 2 aromatic rings. The molecule has 1 N–H and O–H groups in total. The highest BCUT2D eigenvalue weighted by Gasteiger charge is 2.33. The third-order valence-corrected chi connectivity index (χ3v) is 4.09. The Hall–Kier alpha value is -2.47. The van der Waals surface area contributed by atoms with E-state index < -0.39 is 17.6 Å². The van der Waals surface area contributed by atoms with Crippen LogP contribution in [0.1, 0.15) is 47.1 Å². The standard InChI is InChI=1S/C17H18N2O4/c1-2-23-17(22)13-10-18-15-12(8-9-19(15)16(13)21)14(20)11-6-4-3-5-7-11/h3-7,10,12,14,20H,2,8-9H2,1H3/t12-,14+/m0/s1. The molecule has 120 valence electrons. The number of carbonyl (C=O) groups is 1. The smallest absolute Gasteiger partial charge is 0.345 e. The third-order valence-electron chi connectivity index (χ3n) is 4.09. The largest absolute Gasteiger partial charge is 0.462 e. The molecule has 2 heterocycles. The first-order chi connectivity index (χ1) is 11.1. The van der Waals surface area contributed by atoms with Gasteiger partial charge in [-0.05, 0) is 18.9 Å². The van der Waals surface area contributed by atoms with Crippen LogP contribution in [-0.2, 0) is 11.3 Å². The summed E-state index contributed by atoms with van der Waals surface area (Å²) in [6, 6.07) is 9.29. The fraction of sp³-hybridized carbons (Fsp3) is 0.353. The number of ether oxygens (including phenoxy) is 1. The van der Waals surface area contributed by atoms with Gasteiger partial charge in [0.15, 0.2) is 0 Å². The molecule has 0 bridgehead atoms. The van der Waals surface area contributed by atoms with Crippen molar-refractivity contribution in [2.75, 3.05) is 6.61 Å². The maximum Gasteiger partial charge on any atom is 0.345 e. The number of nitrogens with zero attached hydrogens (tertiary/aromatic N) is 2. The van der Waals surface area contributed by atoms with Crippen molar-refractivity contribution in [1.82, 2.24) is 9.55 Å². The minimum atomic E-state index is -0.731. The number of carbonyl (C=O) groups excluding carboxylic acids is 1. The summed E-state index contributed by atoms with van der Waals surface area (Å²) in [4.78, 5) is 28.5. The van der Waals surface area contributed by atoms with E-state index in [1.807, 2.05) is 30.3 Å². The van der Waals surface area contributed by atoms with Gasteiger partial charge in [-0.1, -0.05) is 30.3 Å². The number of hydrogen-bond acceptors (Lipinski definition) is 5. The second-order valence-corrected chi connectivity index (χ2v) is 5.46. The van der Waals surface area contributed by atoms with Crippen molar-refractivity contribution < 1.29 is 14.6 Å². The first-order valence-corrected chi connectivity index (χ1v) is 7.63. The van der Waals surface area contributed by atoms with Crippen LogP contribution in [0.4, 0.5) is 0 Å². The number of aliphatic hydroxyl groups is 1. The Balaban J connectivity index is 1.94. The highest BCUT2D eigenvalue weighted by atomic mass is 16.5.